The van der Waals surface area contributed by atoms with Crippen LogP contribution >= 0.6 is 0 Å². The number of hydrogen-bond donors (Lipinski definition) is 0. The molecule has 2 nitrogen and oxygen atoms in total. The van der Waals surface area contributed by atoms with Gasteiger partial charge >= 0.3 is 0 Å². The molecule has 2 aliphatic rings. The van der Waals surface area contributed by atoms with Crippen LogP contribution < -0.4 is 0 Å². The van der Waals surface area contributed by atoms with Gasteiger partial charge in [-0.25, -0.2) is 0 Å². The van der Waals surface area contributed by atoms with Gasteiger partial charge in [-0.3, -0.25) is 4.90 Å². The third-order valence-corrected chi connectivity index (χ3v) is 4.64. The maximum absolute atomic E-state index is 5.98. The van der Waals surface area contributed by atoms with E-state index in [0.29, 0.717) is 5.41 Å². The summed E-state index contributed by atoms with van der Waals surface area (Å²) in [6, 6.07) is 0. The summed E-state index contributed by atoms with van der Waals surface area (Å²) in [5.41, 5.74) is 0.565. The van der Waals surface area contributed by atoms with Crippen molar-refractivity contribution >= 4 is 0 Å². The Morgan fingerprint density at radius 3 is 2.94 bits per heavy atom. The Labute approximate surface area is 106 Å². The van der Waals surface area contributed by atoms with Gasteiger partial charge in [0.1, 0.15) is 0 Å². The lowest BCUT2D eigenvalue weighted by atomic mass is 9.68. The monoisotopic (exact) mass is 235 g/mol. The first-order valence-corrected chi connectivity index (χ1v) is 6.91. The minimum absolute atomic E-state index is 0.0946. The SMILES string of the molecule is C#CCN1CCC[C@]2(CCO[C@](C)(CC)C2)C1. The first-order valence-electron chi connectivity index (χ1n) is 6.91. The van der Waals surface area contributed by atoms with Crippen molar-refractivity contribution < 1.29 is 4.74 Å². The summed E-state index contributed by atoms with van der Waals surface area (Å²) in [4.78, 5) is 2.45. The molecule has 0 aromatic heterocycles. The van der Waals surface area contributed by atoms with Crippen molar-refractivity contribution in [3.8, 4) is 12.3 Å². The van der Waals surface area contributed by atoms with Gasteiger partial charge in [-0.1, -0.05) is 12.8 Å². The molecule has 2 heterocycles. The van der Waals surface area contributed by atoms with Crippen LogP contribution in [0.2, 0.25) is 0 Å². The van der Waals surface area contributed by atoms with Gasteiger partial charge in [0.2, 0.25) is 0 Å². The number of hydrogen-bond acceptors (Lipinski definition) is 2. The summed E-state index contributed by atoms with van der Waals surface area (Å²) in [6.45, 7) is 8.60. The standard InChI is InChI=1S/C15H25NO/c1-4-9-16-10-6-7-15(13-16)8-11-17-14(3,5-2)12-15/h1H,5-13H2,2-3H3/t14-,15-/m1/s1. The Balaban J connectivity index is 2.05. The molecule has 2 atom stereocenters. The molecule has 0 radical (unpaired) electrons. The predicted molar refractivity (Wildman–Crippen MR) is 70.8 cm³/mol. The maximum Gasteiger partial charge on any atom is 0.0657 e. The van der Waals surface area contributed by atoms with E-state index in [2.05, 4.69) is 24.7 Å². The molecule has 1 spiro atoms. The Kier molecular flexibility index (Phi) is 3.80. The molecule has 2 heteroatoms. The Morgan fingerprint density at radius 1 is 1.41 bits per heavy atom. The van der Waals surface area contributed by atoms with E-state index < -0.39 is 0 Å². The summed E-state index contributed by atoms with van der Waals surface area (Å²) in [7, 11) is 0. The Hall–Kier alpha value is -0.520. The van der Waals surface area contributed by atoms with Crippen LogP contribution in [0, 0.1) is 17.8 Å². The van der Waals surface area contributed by atoms with Crippen LogP contribution in [-0.2, 0) is 4.74 Å². The van der Waals surface area contributed by atoms with E-state index in [-0.39, 0.29) is 5.60 Å². The second-order valence-electron chi connectivity index (χ2n) is 6.10. The molecule has 0 N–H and O–H groups in total. The van der Waals surface area contributed by atoms with E-state index >= 15 is 0 Å². The molecule has 0 saturated carbocycles. The maximum atomic E-state index is 5.98. The van der Waals surface area contributed by atoms with Crippen LogP contribution in [0.3, 0.4) is 0 Å². The van der Waals surface area contributed by atoms with Crippen molar-refractivity contribution in [3.05, 3.63) is 0 Å². The van der Waals surface area contributed by atoms with Crippen molar-refractivity contribution in [1.29, 1.82) is 0 Å². The lowest BCUT2D eigenvalue weighted by molar-refractivity contribution is -0.132. The van der Waals surface area contributed by atoms with Gasteiger partial charge in [0.05, 0.1) is 12.1 Å². The summed E-state index contributed by atoms with van der Waals surface area (Å²) < 4.78 is 5.98. The highest BCUT2D eigenvalue weighted by atomic mass is 16.5. The molecule has 2 fully saturated rings. The molecule has 0 aromatic rings. The van der Waals surface area contributed by atoms with E-state index in [4.69, 9.17) is 11.2 Å². The molecular formula is C15H25NO. The second-order valence-corrected chi connectivity index (χ2v) is 6.10. The van der Waals surface area contributed by atoms with Gasteiger partial charge in [0, 0.05) is 13.2 Å². The fourth-order valence-corrected chi connectivity index (χ4v) is 3.60. The highest BCUT2D eigenvalue weighted by Gasteiger charge is 2.44. The van der Waals surface area contributed by atoms with Crippen LogP contribution in [-0.4, -0.2) is 36.7 Å². The largest absolute Gasteiger partial charge is 0.375 e. The predicted octanol–water partition coefficient (Wildman–Crippen LogP) is 2.68. The molecule has 0 amide bonds. The van der Waals surface area contributed by atoms with E-state index in [9.17, 15) is 0 Å². The quantitative estimate of drug-likeness (QED) is 0.682. The molecule has 2 rings (SSSR count). The van der Waals surface area contributed by atoms with Crippen molar-refractivity contribution in [1.82, 2.24) is 4.90 Å². The van der Waals surface area contributed by atoms with E-state index in [1.165, 1.54) is 38.8 Å². The second kappa shape index (κ2) is 5.00. The van der Waals surface area contributed by atoms with Crippen molar-refractivity contribution in [2.75, 3.05) is 26.2 Å². The van der Waals surface area contributed by atoms with Crippen LogP contribution in [0.1, 0.15) is 46.0 Å². The minimum Gasteiger partial charge on any atom is -0.375 e. The zero-order valence-corrected chi connectivity index (χ0v) is 11.3. The van der Waals surface area contributed by atoms with Gasteiger partial charge in [0.25, 0.3) is 0 Å². The van der Waals surface area contributed by atoms with Crippen LogP contribution in [0.25, 0.3) is 0 Å². The average molecular weight is 235 g/mol. The topological polar surface area (TPSA) is 12.5 Å². The molecule has 96 valence electrons. The highest BCUT2D eigenvalue weighted by Crippen LogP contribution is 2.45. The number of terminal acetylenes is 1. The summed E-state index contributed by atoms with van der Waals surface area (Å²) in [5, 5.41) is 0. The molecule has 2 saturated heterocycles. The first kappa shape index (κ1) is 12.9. The average Bonchev–Trinajstić information content (AvgIpc) is 2.29. The van der Waals surface area contributed by atoms with Gasteiger partial charge in [-0.05, 0) is 51.0 Å². The van der Waals surface area contributed by atoms with Gasteiger partial charge in [0.15, 0.2) is 0 Å². The van der Waals surface area contributed by atoms with Crippen molar-refractivity contribution in [2.24, 2.45) is 5.41 Å². The number of nitrogens with zero attached hydrogens (tertiary/aromatic N) is 1. The van der Waals surface area contributed by atoms with E-state index in [0.717, 1.165) is 19.6 Å². The van der Waals surface area contributed by atoms with Gasteiger partial charge in [-0.15, -0.1) is 6.42 Å². The van der Waals surface area contributed by atoms with Crippen LogP contribution in [0.15, 0.2) is 0 Å². The molecule has 2 aliphatic heterocycles. The molecule has 0 aliphatic carbocycles. The van der Waals surface area contributed by atoms with Crippen LogP contribution in [0.4, 0.5) is 0 Å². The third-order valence-electron chi connectivity index (χ3n) is 4.64. The number of likely N-dealkylation sites (tertiary alicyclic amines) is 1. The summed E-state index contributed by atoms with van der Waals surface area (Å²) in [5.74, 6) is 2.79. The highest BCUT2D eigenvalue weighted by molar-refractivity contribution is 4.98. The molecule has 0 bridgehead atoms. The molecule has 0 unspecified atom stereocenters. The normalized spacial score (nSPS) is 39.1. The first-order chi connectivity index (χ1) is 8.11. The molecular weight excluding hydrogens is 210 g/mol. The Morgan fingerprint density at radius 2 is 2.24 bits per heavy atom. The molecule has 17 heavy (non-hydrogen) atoms. The lowest BCUT2D eigenvalue weighted by Gasteiger charge is -2.50. The smallest absolute Gasteiger partial charge is 0.0657 e. The fourth-order valence-electron chi connectivity index (χ4n) is 3.60. The number of rotatable bonds is 2. The van der Waals surface area contributed by atoms with E-state index in [1.54, 1.807) is 0 Å². The third kappa shape index (κ3) is 2.84. The summed E-state index contributed by atoms with van der Waals surface area (Å²) >= 11 is 0. The lowest BCUT2D eigenvalue weighted by Crippen LogP contribution is -2.51. The van der Waals surface area contributed by atoms with Crippen molar-refractivity contribution in [2.45, 2.75) is 51.6 Å². The zero-order valence-electron chi connectivity index (χ0n) is 11.3. The van der Waals surface area contributed by atoms with E-state index in [1.807, 2.05) is 0 Å². The number of piperidine rings is 1. The van der Waals surface area contributed by atoms with Gasteiger partial charge in [-0.2, -0.15) is 0 Å². The minimum atomic E-state index is 0.0946. The Bertz CT molecular complexity index is 305. The van der Waals surface area contributed by atoms with Crippen LogP contribution in [0.5, 0.6) is 0 Å². The molecule has 0 aromatic carbocycles. The zero-order chi connectivity index (χ0) is 12.4. The van der Waals surface area contributed by atoms with Crippen molar-refractivity contribution in [3.63, 3.8) is 0 Å². The fraction of sp³-hybridized carbons (Fsp3) is 0.867. The number of ether oxygens (including phenoxy) is 1. The summed E-state index contributed by atoms with van der Waals surface area (Å²) in [6.07, 6.45) is 11.6. The van der Waals surface area contributed by atoms with Gasteiger partial charge < -0.3 is 4.74 Å².